The number of carbonyl (C=O) groups is 2. The summed E-state index contributed by atoms with van der Waals surface area (Å²) in [5, 5.41) is 7.23. The van der Waals surface area contributed by atoms with Gasteiger partial charge in [0.25, 0.3) is 0 Å². The van der Waals surface area contributed by atoms with Gasteiger partial charge < -0.3 is 14.8 Å². The van der Waals surface area contributed by atoms with E-state index in [0.717, 1.165) is 10.0 Å². The van der Waals surface area contributed by atoms with Gasteiger partial charge in [0, 0.05) is 9.50 Å². The van der Waals surface area contributed by atoms with Gasteiger partial charge in [0.2, 0.25) is 11.8 Å². The molecular formula is C24H21BrClN3O4. The van der Waals surface area contributed by atoms with Gasteiger partial charge in [-0.3, -0.25) is 9.59 Å². The van der Waals surface area contributed by atoms with Crippen molar-refractivity contribution < 1.29 is 19.1 Å². The first-order chi connectivity index (χ1) is 15.9. The quantitative estimate of drug-likeness (QED) is 0.227. The maximum atomic E-state index is 12.0. The van der Waals surface area contributed by atoms with Gasteiger partial charge >= 0.3 is 0 Å². The standard InChI is InChI=1S/C24H21BrClN3O4/c1-32-22-12-17(8-11-21(22)33-15-16-6-9-18(26)10-7-16)14-27-29-24(31)13-23(30)28-20-5-3-2-4-19(20)25/h2-12,14H,13,15H2,1H3,(H,28,30)(H,29,31). The first-order valence-electron chi connectivity index (χ1n) is 9.86. The number of carbonyl (C=O) groups excluding carboxylic acids is 2. The number of hydrazone groups is 1. The number of nitrogens with one attached hydrogen (secondary N) is 2. The first kappa shape index (κ1) is 24.3. The molecule has 170 valence electrons. The fraction of sp³-hybridized carbons (Fsp3) is 0.125. The summed E-state index contributed by atoms with van der Waals surface area (Å²) < 4.78 is 11.9. The van der Waals surface area contributed by atoms with E-state index in [0.29, 0.717) is 34.4 Å². The molecule has 2 amide bonds. The van der Waals surface area contributed by atoms with Gasteiger partial charge in [-0.15, -0.1) is 0 Å². The topological polar surface area (TPSA) is 89.0 Å². The van der Waals surface area contributed by atoms with Crippen LogP contribution in [-0.4, -0.2) is 25.1 Å². The van der Waals surface area contributed by atoms with Gasteiger partial charge in [-0.05, 0) is 69.5 Å². The zero-order chi connectivity index (χ0) is 23.6. The number of hydrogen-bond donors (Lipinski definition) is 2. The van der Waals surface area contributed by atoms with Crippen molar-refractivity contribution in [3.8, 4) is 11.5 Å². The molecule has 0 saturated carbocycles. The molecule has 0 radical (unpaired) electrons. The molecule has 33 heavy (non-hydrogen) atoms. The SMILES string of the molecule is COc1cc(C=NNC(=O)CC(=O)Nc2ccccc2Br)ccc1OCc1ccc(Cl)cc1. The molecule has 0 bridgehead atoms. The summed E-state index contributed by atoms with van der Waals surface area (Å²) in [6, 6.07) is 19.8. The molecule has 0 aliphatic carbocycles. The number of rotatable bonds is 9. The number of nitrogens with zero attached hydrogens (tertiary/aromatic N) is 1. The van der Waals surface area contributed by atoms with Crippen LogP contribution in [0.3, 0.4) is 0 Å². The number of hydrogen-bond acceptors (Lipinski definition) is 5. The molecule has 0 fully saturated rings. The van der Waals surface area contributed by atoms with Gasteiger partial charge in [-0.2, -0.15) is 5.10 Å². The van der Waals surface area contributed by atoms with Crippen LogP contribution < -0.4 is 20.2 Å². The van der Waals surface area contributed by atoms with Gasteiger partial charge in [0.05, 0.1) is 19.0 Å². The Bertz CT molecular complexity index is 1150. The molecule has 0 heterocycles. The van der Waals surface area contributed by atoms with E-state index in [2.05, 4.69) is 31.8 Å². The summed E-state index contributed by atoms with van der Waals surface area (Å²) >= 11 is 9.23. The predicted octanol–water partition coefficient (Wildman–Crippen LogP) is 5.17. The largest absolute Gasteiger partial charge is 0.493 e. The van der Waals surface area contributed by atoms with Gasteiger partial charge in [-0.1, -0.05) is 35.9 Å². The van der Waals surface area contributed by atoms with Crippen molar-refractivity contribution in [3.63, 3.8) is 0 Å². The highest BCUT2D eigenvalue weighted by atomic mass is 79.9. The molecule has 0 aromatic heterocycles. The summed E-state index contributed by atoms with van der Waals surface area (Å²) in [5.41, 5.74) is 4.58. The molecule has 0 spiro atoms. The minimum absolute atomic E-state index is 0.360. The van der Waals surface area contributed by atoms with Crippen LogP contribution in [0.1, 0.15) is 17.5 Å². The van der Waals surface area contributed by atoms with E-state index in [1.54, 1.807) is 48.5 Å². The molecule has 0 atom stereocenters. The Morgan fingerprint density at radius 2 is 1.79 bits per heavy atom. The minimum atomic E-state index is -0.536. The summed E-state index contributed by atoms with van der Waals surface area (Å²) in [4.78, 5) is 24.0. The third-order valence-corrected chi connectivity index (χ3v) is 5.31. The smallest absolute Gasteiger partial charge is 0.249 e. The van der Waals surface area contributed by atoms with Crippen LogP contribution in [0.15, 0.2) is 76.3 Å². The Hall–Kier alpha value is -3.36. The zero-order valence-electron chi connectivity index (χ0n) is 17.7. The molecule has 9 heteroatoms. The minimum Gasteiger partial charge on any atom is -0.493 e. The van der Waals surface area contributed by atoms with Crippen molar-refractivity contribution in [1.29, 1.82) is 0 Å². The molecule has 0 aliphatic heterocycles. The van der Waals surface area contributed by atoms with Crippen molar-refractivity contribution in [2.24, 2.45) is 5.10 Å². The monoisotopic (exact) mass is 529 g/mol. The van der Waals surface area contributed by atoms with Crippen LogP contribution in [0.25, 0.3) is 0 Å². The van der Waals surface area contributed by atoms with E-state index in [1.165, 1.54) is 13.3 Å². The molecule has 2 N–H and O–H groups in total. The number of methoxy groups -OCH3 is 1. The van der Waals surface area contributed by atoms with Gasteiger partial charge in [0.1, 0.15) is 13.0 Å². The van der Waals surface area contributed by atoms with Crippen molar-refractivity contribution >= 4 is 51.2 Å². The number of amides is 2. The third-order valence-electron chi connectivity index (χ3n) is 4.37. The highest BCUT2D eigenvalue weighted by Gasteiger charge is 2.10. The number of anilines is 1. The van der Waals surface area contributed by atoms with Crippen LogP contribution in [-0.2, 0) is 16.2 Å². The lowest BCUT2D eigenvalue weighted by Gasteiger charge is -2.11. The molecule has 0 saturated heterocycles. The van der Waals surface area contributed by atoms with Gasteiger partial charge in [0.15, 0.2) is 11.5 Å². The van der Waals surface area contributed by atoms with Crippen molar-refractivity contribution in [3.05, 3.63) is 87.4 Å². The number of halogens is 2. The molecule has 3 rings (SSSR count). The van der Waals surface area contributed by atoms with E-state index < -0.39 is 11.8 Å². The average molecular weight is 531 g/mol. The summed E-state index contributed by atoms with van der Waals surface area (Å²) in [7, 11) is 1.54. The second-order valence-corrected chi connectivity index (χ2v) is 8.11. The van der Waals surface area contributed by atoms with Crippen molar-refractivity contribution in [1.82, 2.24) is 5.43 Å². The Labute approximate surface area is 204 Å². The maximum absolute atomic E-state index is 12.0. The predicted molar refractivity (Wildman–Crippen MR) is 132 cm³/mol. The fourth-order valence-corrected chi connectivity index (χ4v) is 3.26. The summed E-state index contributed by atoms with van der Waals surface area (Å²) in [5.74, 6) is 0.105. The fourth-order valence-electron chi connectivity index (χ4n) is 2.75. The Kier molecular flexibility index (Phi) is 8.86. The van der Waals surface area contributed by atoms with E-state index in [1.807, 2.05) is 18.2 Å². The normalized spacial score (nSPS) is 10.6. The Balaban J connectivity index is 1.51. The van der Waals surface area contributed by atoms with Gasteiger partial charge in [-0.25, -0.2) is 5.43 Å². The van der Waals surface area contributed by atoms with E-state index in [9.17, 15) is 9.59 Å². The number of ether oxygens (including phenoxy) is 2. The summed E-state index contributed by atoms with van der Waals surface area (Å²) in [6.45, 7) is 0.360. The lowest BCUT2D eigenvalue weighted by Crippen LogP contribution is -2.24. The highest BCUT2D eigenvalue weighted by molar-refractivity contribution is 9.10. The summed E-state index contributed by atoms with van der Waals surface area (Å²) in [6.07, 6.45) is 1.09. The van der Waals surface area contributed by atoms with Crippen molar-refractivity contribution in [2.75, 3.05) is 12.4 Å². The van der Waals surface area contributed by atoms with Crippen LogP contribution in [0.5, 0.6) is 11.5 Å². The second-order valence-electron chi connectivity index (χ2n) is 6.82. The van der Waals surface area contributed by atoms with E-state index in [-0.39, 0.29) is 6.42 Å². The van der Waals surface area contributed by atoms with E-state index in [4.69, 9.17) is 21.1 Å². The molecule has 0 unspecified atom stereocenters. The van der Waals surface area contributed by atoms with Crippen LogP contribution in [0.4, 0.5) is 5.69 Å². The molecule has 0 aliphatic rings. The van der Waals surface area contributed by atoms with Crippen LogP contribution in [0, 0.1) is 0 Å². The Morgan fingerprint density at radius 1 is 1.03 bits per heavy atom. The molecule has 3 aromatic carbocycles. The highest BCUT2D eigenvalue weighted by Crippen LogP contribution is 2.28. The van der Waals surface area contributed by atoms with Crippen molar-refractivity contribution in [2.45, 2.75) is 13.0 Å². The lowest BCUT2D eigenvalue weighted by atomic mass is 10.2. The molecular weight excluding hydrogens is 510 g/mol. The first-order valence-corrected chi connectivity index (χ1v) is 11.0. The second kappa shape index (κ2) is 12.0. The average Bonchev–Trinajstić information content (AvgIpc) is 2.80. The zero-order valence-corrected chi connectivity index (χ0v) is 20.0. The Morgan fingerprint density at radius 3 is 2.52 bits per heavy atom. The maximum Gasteiger partial charge on any atom is 0.249 e. The third kappa shape index (κ3) is 7.62. The van der Waals surface area contributed by atoms with E-state index >= 15 is 0 Å². The number of para-hydroxylation sites is 1. The lowest BCUT2D eigenvalue weighted by molar-refractivity contribution is -0.126. The van der Waals surface area contributed by atoms with Crippen LogP contribution in [0.2, 0.25) is 5.02 Å². The van der Waals surface area contributed by atoms with Crippen LogP contribution >= 0.6 is 27.5 Å². The molecule has 3 aromatic rings. The molecule has 7 nitrogen and oxygen atoms in total. The number of benzene rings is 3.